The van der Waals surface area contributed by atoms with Crippen molar-refractivity contribution in [2.45, 2.75) is 39.2 Å². The van der Waals surface area contributed by atoms with Gasteiger partial charge in [-0.3, -0.25) is 4.98 Å². The Morgan fingerprint density at radius 3 is 2.89 bits per heavy atom. The molecule has 3 atom stereocenters. The molecule has 102 valence electrons. The van der Waals surface area contributed by atoms with Crippen LogP contribution in [0.25, 0.3) is 11.0 Å². The molecular formula is C15H20ClN3. The number of hydrogen-bond donors (Lipinski definition) is 0. The summed E-state index contributed by atoms with van der Waals surface area (Å²) in [4.78, 5) is 8.90. The quantitative estimate of drug-likeness (QED) is 0.799. The molecule has 0 spiro atoms. The molecule has 3 rings (SSSR count). The van der Waals surface area contributed by atoms with Gasteiger partial charge >= 0.3 is 0 Å². The fourth-order valence-corrected chi connectivity index (χ4v) is 3.50. The van der Waals surface area contributed by atoms with Crippen molar-refractivity contribution >= 4 is 22.6 Å². The van der Waals surface area contributed by atoms with Crippen LogP contribution in [0.3, 0.4) is 0 Å². The van der Waals surface area contributed by atoms with Gasteiger partial charge in [-0.25, -0.2) is 4.98 Å². The molecule has 2 heterocycles. The summed E-state index contributed by atoms with van der Waals surface area (Å²) in [6.45, 7) is 4.71. The molecule has 0 amide bonds. The van der Waals surface area contributed by atoms with Crippen molar-refractivity contribution in [3.63, 3.8) is 0 Å². The molecule has 3 nitrogen and oxygen atoms in total. The van der Waals surface area contributed by atoms with Crippen LogP contribution in [-0.2, 0) is 6.42 Å². The molecule has 0 aromatic carbocycles. The Balaban J connectivity index is 2.12. The zero-order valence-electron chi connectivity index (χ0n) is 11.5. The maximum Gasteiger partial charge on any atom is 0.111 e. The summed E-state index contributed by atoms with van der Waals surface area (Å²) >= 11 is 5.94. The Kier molecular flexibility index (Phi) is 3.48. The standard InChI is InChI=1S/C15H20ClN3/c1-10-3-4-13(11(10)2)19-14-6-8-17-9-12(14)18-15(19)5-7-16/h6,8-11,13H,3-5,7H2,1-2H3. The molecule has 1 fully saturated rings. The molecule has 0 radical (unpaired) electrons. The van der Waals surface area contributed by atoms with Crippen LogP contribution in [0.5, 0.6) is 0 Å². The monoisotopic (exact) mass is 277 g/mol. The molecular weight excluding hydrogens is 258 g/mol. The average Bonchev–Trinajstić information content (AvgIpc) is 2.92. The zero-order valence-corrected chi connectivity index (χ0v) is 12.3. The number of nitrogens with zero attached hydrogens (tertiary/aromatic N) is 3. The lowest BCUT2D eigenvalue weighted by molar-refractivity contribution is 0.352. The molecule has 0 saturated heterocycles. The fourth-order valence-electron chi connectivity index (χ4n) is 3.33. The van der Waals surface area contributed by atoms with Gasteiger partial charge in [0.1, 0.15) is 11.3 Å². The van der Waals surface area contributed by atoms with Gasteiger partial charge in [0.05, 0.1) is 11.7 Å². The largest absolute Gasteiger partial charge is 0.324 e. The second kappa shape index (κ2) is 5.12. The summed E-state index contributed by atoms with van der Waals surface area (Å²) in [5, 5.41) is 0. The van der Waals surface area contributed by atoms with Crippen molar-refractivity contribution in [1.82, 2.24) is 14.5 Å². The molecule has 1 aliphatic rings. The Bertz CT molecular complexity index is 578. The van der Waals surface area contributed by atoms with Crippen molar-refractivity contribution in [2.24, 2.45) is 11.8 Å². The highest BCUT2D eigenvalue weighted by atomic mass is 35.5. The second-order valence-corrected chi connectivity index (χ2v) is 6.06. The summed E-state index contributed by atoms with van der Waals surface area (Å²) in [5.74, 6) is 3.21. The van der Waals surface area contributed by atoms with E-state index in [0.717, 1.165) is 23.7 Å². The number of rotatable bonds is 3. The maximum atomic E-state index is 5.94. The topological polar surface area (TPSA) is 30.7 Å². The SMILES string of the molecule is CC1CCC(n2c(CCCl)nc3cnccc32)C1C. The summed E-state index contributed by atoms with van der Waals surface area (Å²) in [5.41, 5.74) is 2.20. The lowest BCUT2D eigenvalue weighted by Gasteiger charge is -2.22. The molecule has 3 unspecified atom stereocenters. The first kappa shape index (κ1) is 12.9. The van der Waals surface area contributed by atoms with E-state index >= 15 is 0 Å². The number of fused-ring (bicyclic) bond motifs is 1. The summed E-state index contributed by atoms with van der Waals surface area (Å²) in [7, 11) is 0. The number of aryl methyl sites for hydroxylation is 1. The second-order valence-electron chi connectivity index (χ2n) is 5.68. The normalized spacial score (nSPS) is 27.2. The van der Waals surface area contributed by atoms with E-state index in [9.17, 15) is 0 Å². The minimum absolute atomic E-state index is 0.556. The van der Waals surface area contributed by atoms with Crippen molar-refractivity contribution in [3.05, 3.63) is 24.3 Å². The summed E-state index contributed by atoms with van der Waals surface area (Å²) in [6, 6.07) is 2.64. The molecule has 19 heavy (non-hydrogen) atoms. The lowest BCUT2D eigenvalue weighted by atomic mass is 9.97. The number of alkyl halides is 1. The van der Waals surface area contributed by atoms with Gasteiger partial charge in [0.25, 0.3) is 0 Å². The van der Waals surface area contributed by atoms with E-state index in [4.69, 9.17) is 16.6 Å². The Hall–Kier alpha value is -1.09. The van der Waals surface area contributed by atoms with Crippen LogP contribution < -0.4 is 0 Å². The zero-order chi connectivity index (χ0) is 13.4. The predicted octanol–water partition coefficient (Wildman–Crippen LogP) is 3.82. The smallest absolute Gasteiger partial charge is 0.111 e. The first-order valence-corrected chi connectivity index (χ1v) is 7.62. The number of aromatic nitrogens is 3. The fraction of sp³-hybridized carbons (Fsp3) is 0.600. The van der Waals surface area contributed by atoms with Gasteiger partial charge in [-0.15, -0.1) is 11.6 Å². The van der Waals surface area contributed by atoms with Gasteiger partial charge in [-0.1, -0.05) is 13.8 Å². The highest BCUT2D eigenvalue weighted by Crippen LogP contribution is 2.41. The minimum Gasteiger partial charge on any atom is -0.324 e. The van der Waals surface area contributed by atoms with Crippen LogP contribution in [-0.4, -0.2) is 20.4 Å². The van der Waals surface area contributed by atoms with Crippen molar-refractivity contribution in [1.29, 1.82) is 0 Å². The van der Waals surface area contributed by atoms with Gasteiger partial charge in [0.2, 0.25) is 0 Å². The molecule has 0 bridgehead atoms. The Labute approximate surface area is 119 Å². The Morgan fingerprint density at radius 2 is 2.21 bits per heavy atom. The van der Waals surface area contributed by atoms with Crippen molar-refractivity contribution in [2.75, 3.05) is 5.88 Å². The molecule has 1 aliphatic carbocycles. The van der Waals surface area contributed by atoms with Crippen LogP contribution >= 0.6 is 11.6 Å². The van der Waals surface area contributed by atoms with E-state index in [1.54, 1.807) is 0 Å². The molecule has 0 aliphatic heterocycles. The summed E-state index contributed by atoms with van der Waals surface area (Å²) in [6.07, 6.45) is 7.08. The van der Waals surface area contributed by atoms with Gasteiger partial charge in [-0.05, 0) is 30.7 Å². The third-order valence-electron chi connectivity index (χ3n) is 4.64. The molecule has 4 heteroatoms. The van der Waals surface area contributed by atoms with Crippen LogP contribution in [0.2, 0.25) is 0 Å². The van der Waals surface area contributed by atoms with Crippen LogP contribution in [0.4, 0.5) is 0 Å². The lowest BCUT2D eigenvalue weighted by Crippen LogP contribution is -2.17. The van der Waals surface area contributed by atoms with Crippen LogP contribution in [0.15, 0.2) is 18.5 Å². The van der Waals surface area contributed by atoms with Gasteiger partial charge in [0.15, 0.2) is 0 Å². The summed E-state index contributed by atoms with van der Waals surface area (Å²) < 4.78 is 2.42. The van der Waals surface area contributed by atoms with E-state index in [2.05, 4.69) is 29.5 Å². The third-order valence-corrected chi connectivity index (χ3v) is 4.83. The third kappa shape index (κ3) is 2.14. The van der Waals surface area contributed by atoms with E-state index < -0.39 is 0 Å². The van der Waals surface area contributed by atoms with E-state index in [-0.39, 0.29) is 0 Å². The number of imidazole rings is 1. The van der Waals surface area contributed by atoms with Gasteiger partial charge in [-0.2, -0.15) is 0 Å². The minimum atomic E-state index is 0.556. The maximum absolute atomic E-state index is 5.94. The number of halogens is 1. The van der Waals surface area contributed by atoms with E-state index in [1.165, 1.54) is 18.4 Å². The number of hydrogen-bond acceptors (Lipinski definition) is 2. The molecule has 1 saturated carbocycles. The highest BCUT2D eigenvalue weighted by Gasteiger charge is 2.33. The van der Waals surface area contributed by atoms with Gasteiger partial charge < -0.3 is 4.57 Å². The van der Waals surface area contributed by atoms with Crippen LogP contribution in [0, 0.1) is 11.8 Å². The first-order chi connectivity index (χ1) is 9.22. The van der Waals surface area contributed by atoms with Gasteiger partial charge in [0, 0.05) is 24.5 Å². The predicted molar refractivity (Wildman–Crippen MR) is 78.6 cm³/mol. The van der Waals surface area contributed by atoms with E-state index in [0.29, 0.717) is 17.8 Å². The van der Waals surface area contributed by atoms with E-state index in [1.807, 2.05) is 12.4 Å². The first-order valence-electron chi connectivity index (χ1n) is 7.09. The van der Waals surface area contributed by atoms with Crippen molar-refractivity contribution in [3.8, 4) is 0 Å². The number of pyridine rings is 1. The Morgan fingerprint density at radius 1 is 1.37 bits per heavy atom. The van der Waals surface area contributed by atoms with Crippen LogP contribution in [0.1, 0.15) is 38.6 Å². The molecule has 2 aromatic rings. The van der Waals surface area contributed by atoms with Crippen molar-refractivity contribution < 1.29 is 0 Å². The average molecular weight is 278 g/mol. The highest BCUT2D eigenvalue weighted by molar-refractivity contribution is 6.17. The molecule has 2 aromatic heterocycles. The molecule has 0 N–H and O–H groups in total.